The predicted octanol–water partition coefficient (Wildman–Crippen LogP) is -16.5. The standard InChI is InChI=1S/B39H6/c1-21-31(20)36(30(18)19)39(37(32(22(2)3)23(4)5)33(24(6)7)25(8)9)38(34(26(10)11)27(12)13)35(28(14)15)29(16)17/h1-2H3/q-2. The van der Waals surface area contributed by atoms with Crippen molar-refractivity contribution in [2.75, 3.05) is 0 Å². The van der Waals surface area contributed by atoms with Crippen LogP contribution in [0.15, 0.2) is 0 Å². The Bertz CT molecular complexity index is 502. The summed E-state index contributed by atoms with van der Waals surface area (Å²) in [6.07, 6.45) is -15.7. The minimum absolute atomic E-state index is 0.332. The molecule has 37 radical (unpaired) electrons. The minimum atomic E-state index is -1.09. The molecule has 0 fully saturated rings. The predicted molar refractivity (Wildman–Crippen MR) is 233 cm³/mol. The first-order valence-corrected chi connectivity index (χ1v) is 12.0. The lowest BCUT2D eigenvalue weighted by Gasteiger charge is -2.54. The molecule has 0 saturated carbocycles. The van der Waals surface area contributed by atoms with E-state index >= 15 is 0 Å². The van der Waals surface area contributed by atoms with Gasteiger partial charge >= 0.3 is 0 Å². The minimum Gasteiger partial charge on any atom is -0.158 e. The van der Waals surface area contributed by atoms with E-state index in [1.165, 1.54) is 0 Å². The molecule has 0 aromatic rings. The highest BCUT2D eigenvalue weighted by molar-refractivity contribution is 8.31. The molecule has 0 aromatic carbocycles. The highest BCUT2D eigenvalue weighted by atomic mass is 13.4. The van der Waals surface area contributed by atoms with Gasteiger partial charge in [0.25, 0.3) is 0 Å². The molecule has 0 bridgehead atoms. The van der Waals surface area contributed by atoms with E-state index < -0.39 is 116 Å². The summed E-state index contributed by atoms with van der Waals surface area (Å²) in [5.41, 5.74) is 0. The molecule has 0 nitrogen and oxygen atoms in total. The van der Waals surface area contributed by atoms with Gasteiger partial charge in [0.2, 0.25) is 0 Å². The molecule has 0 aliphatic carbocycles. The number of hydrogen-bond acceptors (Lipinski definition) is 0. The average Bonchev–Trinajstić information content (AvgIpc) is 2.73. The maximum absolute atomic E-state index is 6.70. The van der Waals surface area contributed by atoms with Crippen molar-refractivity contribution >= 4 is 277 Å². The van der Waals surface area contributed by atoms with Gasteiger partial charge < -0.3 is 0 Å². The molecule has 0 N–H and O–H groups in total. The molecule has 0 atom stereocenters. The van der Waals surface area contributed by atoms with E-state index in [9.17, 15) is 0 Å². The van der Waals surface area contributed by atoms with Crippen molar-refractivity contribution in [1.29, 1.82) is 0 Å². The summed E-state index contributed by atoms with van der Waals surface area (Å²) in [5.74, 6) is 0. The molecule has 0 unspecified atom stereocenters. The van der Waals surface area contributed by atoms with Crippen LogP contribution in [0.25, 0.3) is 0 Å². The zero-order valence-electron chi connectivity index (χ0n) is 21.4. The Labute approximate surface area is 275 Å². The van der Waals surface area contributed by atoms with Crippen LogP contribution in [0.4, 0.5) is 0 Å². The van der Waals surface area contributed by atoms with E-state index in [0.717, 1.165) is 0 Å². The zero-order valence-corrected chi connectivity index (χ0v) is 21.4. The van der Waals surface area contributed by atoms with Gasteiger partial charge in [0.05, 0.1) is 0 Å². The smallest absolute Gasteiger partial charge is 0.000000000000170 e. The Morgan fingerprint density at radius 2 is 0.513 bits per heavy atom. The molecule has 0 aliphatic heterocycles. The van der Waals surface area contributed by atoms with Crippen molar-refractivity contribution in [3.05, 3.63) is 0 Å². The quantitative estimate of drug-likeness (QED) is 0.191. The van der Waals surface area contributed by atoms with E-state index in [-0.39, 0.29) is 14.1 Å². The van der Waals surface area contributed by atoms with Gasteiger partial charge in [-0.3, -0.25) is 0 Å². The van der Waals surface area contributed by atoms with Crippen molar-refractivity contribution in [1.82, 2.24) is 0 Å². The molecular formula is H6B39-2. The van der Waals surface area contributed by atoms with Crippen LogP contribution in [-0.2, 0) is 0 Å². The van der Waals surface area contributed by atoms with Crippen LogP contribution >= 0.6 is 0 Å². The topological polar surface area (TPSA) is 0 Å². The molecule has 0 heterocycles. The van der Waals surface area contributed by atoms with Crippen molar-refractivity contribution in [2.45, 2.75) is 0 Å². The highest BCUT2D eigenvalue weighted by Gasteiger charge is 2.55. The second-order valence-electron chi connectivity index (χ2n) is 10.0. The summed E-state index contributed by atoms with van der Waals surface area (Å²) >= 11 is 0. The normalized spacial score (nSPS) is 9.59. The van der Waals surface area contributed by atoms with Crippen LogP contribution in [0.3, 0.4) is 0 Å². The maximum Gasteiger partial charge on any atom is -0.000000000000170 e. The van der Waals surface area contributed by atoms with E-state index in [1.54, 1.807) is 0 Å². The third-order valence-corrected chi connectivity index (χ3v) is 7.33. The van der Waals surface area contributed by atoms with Crippen molar-refractivity contribution < 1.29 is 0 Å². The van der Waals surface area contributed by atoms with Crippen LogP contribution in [0.1, 0.15) is 0 Å². The maximum atomic E-state index is 6.70. The lowest BCUT2D eigenvalue weighted by Crippen LogP contribution is -2.92. The molecule has 0 aliphatic rings. The van der Waals surface area contributed by atoms with Crippen LogP contribution in [0, 0.1) is 0 Å². The molecule has 0 amide bonds. The van der Waals surface area contributed by atoms with Crippen LogP contribution in [0.2, 0.25) is 0 Å². The van der Waals surface area contributed by atoms with Crippen molar-refractivity contribution in [3.63, 3.8) is 0 Å². The molecular weight excluding hydrogens is 422 g/mol. The molecule has 39 heteroatoms. The van der Waals surface area contributed by atoms with Gasteiger partial charge in [-0.25, -0.2) is 0 Å². The van der Waals surface area contributed by atoms with E-state index in [4.69, 9.17) is 139 Å². The molecule has 125 valence electrons. The number of hydrogen-bond donors (Lipinski definition) is 0. The lowest BCUT2D eigenvalue weighted by atomic mass is 8.28. The van der Waals surface area contributed by atoms with Gasteiger partial charge in [-0.1, -0.05) is 15.5 Å². The summed E-state index contributed by atoms with van der Waals surface area (Å²) in [5, 5.41) is 0. The average molecular weight is 428 g/mol. The second kappa shape index (κ2) is 19.1. The largest absolute Gasteiger partial charge is 0.158 e. The first kappa shape index (κ1) is 41.5. The Morgan fingerprint density at radius 1 is 0.308 bits per heavy atom. The highest BCUT2D eigenvalue weighted by Crippen LogP contribution is 2.18. The van der Waals surface area contributed by atoms with Crippen molar-refractivity contribution in [3.8, 4) is 0 Å². The first-order valence-electron chi connectivity index (χ1n) is 12.0. The molecule has 0 rings (SSSR count). The monoisotopic (exact) mass is 435 g/mol. The van der Waals surface area contributed by atoms with E-state index in [1.807, 2.05) is 7.06 Å². The number of rotatable bonds is 18. The Kier molecular flexibility index (Phi) is 20.4. The van der Waals surface area contributed by atoms with Gasteiger partial charge in [-0.15, -0.1) is 6.39 Å². The fraction of sp³-hybridized carbons (Fsp3) is 0. The van der Waals surface area contributed by atoms with Gasteiger partial charge in [-0.2, -0.15) is 7.06 Å². The van der Waals surface area contributed by atoms with Gasteiger partial charge in [0.15, 0.2) is 0 Å². The fourth-order valence-electron chi connectivity index (χ4n) is 5.90. The molecule has 0 spiro atoms. The summed E-state index contributed by atoms with van der Waals surface area (Å²) in [6, 6.07) is 0. The zero-order chi connectivity index (χ0) is 31.1. The van der Waals surface area contributed by atoms with Crippen LogP contribution in [0.5, 0.6) is 0 Å². The third-order valence-electron chi connectivity index (χ3n) is 7.33. The van der Waals surface area contributed by atoms with Crippen LogP contribution < -0.4 is 0 Å². The molecule has 39 heavy (non-hydrogen) atoms. The Hall–Kier alpha value is 2.53. The third kappa shape index (κ3) is 11.4. The summed E-state index contributed by atoms with van der Waals surface area (Å²) < 4.78 is 0. The summed E-state index contributed by atoms with van der Waals surface area (Å²) in [6.45, 7) is 0. The molecule has 0 aromatic heterocycles. The molecule has 0 saturated heterocycles. The fourth-order valence-corrected chi connectivity index (χ4v) is 5.90. The SMILES string of the molecule is [B]B([B])B(B([B])[B])B(B(B([B])[B])B([B])[B])B(B(B([B])[B])B([B])[B][BH3-])B(B(B([B])[B])B([B])[B])B(B([B])[B])B([B])[BH3-]. The second-order valence-corrected chi connectivity index (χ2v) is 10.0. The first-order chi connectivity index (χ1) is 17.8. The van der Waals surface area contributed by atoms with Gasteiger partial charge in [0, 0.05) is 0 Å². The van der Waals surface area contributed by atoms with Crippen LogP contribution in [-0.4, -0.2) is 277 Å². The van der Waals surface area contributed by atoms with Crippen molar-refractivity contribution in [2.24, 2.45) is 0 Å². The van der Waals surface area contributed by atoms with Gasteiger partial charge in [-0.05, 0) is 248 Å². The van der Waals surface area contributed by atoms with E-state index in [2.05, 4.69) is 0 Å². The van der Waals surface area contributed by atoms with E-state index in [0.29, 0.717) is 0 Å². The Balaban J connectivity index is 8.23. The van der Waals surface area contributed by atoms with Gasteiger partial charge in [0.1, 0.15) is 0 Å². The lowest BCUT2D eigenvalue weighted by molar-refractivity contribution is 3.22. The Morgan fingerprint density at radius 3 is 0.692 bits per heavy atom. The summed E-state index contributed by atoms with van der Waals surface area (Å²) in [4.78, 5) is 0. The summed E-state index contributed by atoms with van der Waals surface area (Å²) in [7, 11) is 116.